The van der Waals surface area contributed by atoms with Crippen LogP contribution in [-0.4, -0.2) is 34.4 Å². The second-order valence-corrected chi connectivity index (χ2v) is 7.09. The minimum Gasteiger partial charge on any atom is -0.349 e. The summed E-state index contributed by atoms with van der Waals surface area (Å²) in [6.45, 7) is 4.68. The Labute approximate surface area is 139 Å². The van der Waals surface area contributed by atoms with E-state index >= 15 is 0 Å². The van der Waals surface area contributed by atoms with Crippen LogP contribution in [0.5, 0.6) is 0 Å². The Morgan fingerprint density at radius 1 is 1.13 bits per heavy atom. The van der Waals surface area contributed by atoms with Crippen LogP contribution in [0, 0.1) is 6.92 Å². The molecular weight excluding hydrogens is 286 g/mol. The molecule has 1 aliphatic heterocycles. The number of nitrogens with one attached hydrogen (secondary N) is 1. The van der Waals surface area contributed by atoms with Gasteiger partial charge in [-0.3, -0.25) is 14.7 Å². The van der Waals surface area contributed by atoms with Gasteiger partial charge < -0.3 is 5.32 Å². The van der Waals surface area contributed by atoms with Crippen molar-refractivity contribution in [2.45, 2.75) is 70.4 Å². The van der Waals surface area contributed by atoms with Gasteiger partial charge in [0, 0.05) is 5.69 Å². The van der Waals surface area contributed by atoms with Crippen molar-refractivity contribution >= 4 is 5.91 Å². The Morgan fingerprint density at radius 3 is 2.52 bits per heavy atom. The molecule has 1 N–H and O–H groups in total. The molecule has 3 rings (SSSR count). The molecule has 0 aromatic carbocycles. The molecule has 0 radical (unpaired) electrons. The van der Waals surface area contributed by atoms with Crippen LogP contribution < -0.4 is 5.32 Å². The molecule has 0 unspecified atom stereocenters. The number of piperidine rings is 1. The predicted octanol–water partition coefficient (Wildman–Crippen LogP) is 3.20. The normalized spacial score (nSPS) is 21.8. The summed E-state index contributed by atoms with van der Waals surface area (Å²) >= 11 is 0. The zero-order chi connectivity index (χ0) is 16.1. The minimum atomic E-state index is -0.261. The molecule has 1 aromatic heterocycles. The number of hydrogen-bond donors (Lipinski definition) is 1. The summed E-state index contributed by atoms with van der Waals surface area (Å²) in [5, 5.41) is 3.19. The molecule has 0 bridgehead atoms. The zero-order valence-corrected chi connectivity index (χ0v) is 14.3. The summed E-state index contributed by atoms with van der Waals surface area (Å²) in [7, 11) is 0. The molecule has 2 aliphatic rings. The fourth-order valence-electron chi connectivity index (χ4n) is 4.18. The minimum absolute atomic E-state index is 0.224. The van der Waals surface area contributed by atoms with Crippen LogP contribution in [0.2, 0.25) is 0 Å². The number of pyridine rings is 1. The maximum Gasteiger partial charge on any atom is 0.240 e. The van der Waals surface area contributed by atoms with E-state index in [1.54, 1.807) is 0 Å². The van der Waals surface area contributed by atoms with E-state index in [9.17, 15) is 4.79 Å². The number of amides is 1. The highest BCUT2D eigenvalue weighted by atomic mass is 16.2. The van der Waals surface area contributed by atoms with Crippen molar-refractivity contribution in [1.29, 1.82) is 0 Å². The number of nitrogens with zero attached hydrogens (tertiary/aromatic N) is 2. The third-order valence-electron chi connectivity index (χ3n) is 5.44. The fourth-order valence-corrected chi connectivity index (χ4v) is 4.18. The van der Waals surface area contributed by atoms with Crippen LogP contribution in [0.25, 0.3) is 0 Å². The molecule has 4 nitrogen and oxygen atoms in total. The Balaban J connectivity index is 1.69. The summed E-state index contributed by atoms with van der Waals surface area (Å²) in [5.41, 5.74) is 1.69. The topological polar surface area (TPSA) is 45.2 Å². The molecule has 4 heteroatoms. The van der Waals surface area contributed by atoms with Gasteiger partial charge in [-0.2, -0.15) is 0 Å². The molecule has 126 valence electrons. The highest BCUT2D eigenvalue weighted by Gasteiger charge is 2.44. The van der Waals surface area contributed by atoms with E-state index in [0.717, 1.165) is 37.3 Å². The van der Waals surface area contributed by atoms with Crippen LogP contribution >= 0.6 is 0 Å². The lowest BCUT2D eigenvalue weighted by molar-refractivity contribution is -0.137. The molecule has 0 spiro atoms. The lowest BCUT2D eigenvalue weighted by Gasteiger charge is -2.46. The maximum absolute atomic E-state index is 13.1. The number of hydrogen-bond acceptors (Lipinski definition) is 3. The Kier molecular flexibility index (Phi) is 5.31. The van der Waals surface area contributed by atoms with E-state index in [-0.39, 0.29) is 11.4 Å². The van der Waals surface area contributed by atoms with Crippen molar-refractivity contribution in [3.05, 3.63) is 29.6 Å². The van der Waals surface area contributed by atoms with Gasteiger partial charge in [-0.05, 0) is 57.8 Å². The van der Waals surface area contributed by atoms with Gasteiger partial charge in [0.1, 0.15) is 5.54 Å². The molecule has 1 saturated carbocycles. The van der Waals surface area contributed by atoms with Crippen molar-refractivity contribution in [3.8, 4) is 0 Å². The van der Waals surface area contributed by atoms with Gasteiger partial charge in [0.15, 0.2) is 0 Å². The standard InChI is InChI=1S/C19H29N3O/c1-16-9-8-10-17(21-16)15-20-18(23)19(11-4-2-5-12-19)22-13-6-3-7-14-22/h8-10H,2-7,11-15H2,1H3,(H,20,23). The van der Waals surface area contributed by atoms with Gasteiger partial charge in [-0.15, -0.1) is 0 Å². The van der Waals surface area contributed by atoms with E-state index in [1.165, 1.54) is 38.5 Å². The molecule has 23 heavy (non-hydrogen) atoms. The summed E-state index contributed by atoms with van der Waals surface area (Å²) < 4.78 is 0. The first kappa shape index (κ1) is 16.4. The van der Waals surface area contributed by atoms with Gasteiger partial charge in [-0.25, -0.2) is 0 Å². The van der Waals surface area contributed by atoms with E-state index in [2.05, 4.69) is 15.2 Å². The smallest absolute Gasteiger partial charge is 0.240 e. The van der Waals surface area contributed by atoms with E-state index < -0.39 is 0 Å². The lowest BCUT2D eigenvalue weighted by atomic mass is 9.78. The van der Waals surface area contributed by atoms with Crippen LogP contribution in [0.3, 0.4) is 0 Å². The second-order valence-electron chi connectivity index (χ2n) is 7.09. The van der Waals surface area contributed by atoms with E-state index in [0.29, 0.717) is 6.54 Å². The SMILES string of the molecule is Cc1cccc(CNC(=O)C2(N3CCCCC3)CCCCC2)n1. The first-order valence-electron chi connectivity index (χ1n) is 9.17. The first-order valence-corrected chi connectivity index (χ1v) is 9.17. The molecular formula is C19H29N3O. The van der Waals surface area contributed by atoms with Crippen molar-refractivity contribution < 1.29 is 4.79 Å². The highest BCUT2D eigenvalue weighted by Crippen LogP contribution is 2.35. The van der Waals surface area contributed by atoms with E-state index in [1.807, 2.05) is 25.1 Å². The van der Waals surface area contributed by atoms with Crippen LogP contribution in [0.15, 0.2) is 18.2 Å². The summed E-state index contributed by atoms with van der Waals surface area (Å²) in [6, 6.07) is 5.98. The Morgan fingerprint density at radius 2 is 1.83 bits per heavy atom. The molecule has 2 fully saturated rings. The van der Waals surface area contributed by atoms with Gasteiger partial charge in [0.25, 0.3) is 0 Å². The molecule has 2 heterocycles. The quantitative estimate of drug-likeness (QED) is 0.928. The number of carbonyl (C=O) groups is 1. The zero-order valence-electron chi connectivity index (χ0n) is 14.3. The van der Waals surface area contributed by atoms with Gasteiger partial charge in [-0.1, -0.05) is 31.7 Å². The van der Waals surface area contributed by atoms with Crippen molar-refractivity contribution in [3.63, 3.8) is 0 Å². The number of aryl methyl sites for hydroxylation is 1. The number of aromatic nitrogens is 1. The van der Waals surface area contributed by atoms with Gasteiger partial charge >= 0.3 is 0 Å². The largest absolute Gasteiger partial charge is 0.349 e. The molecule has 0 atom stereocenters. The number of likely N-dealkylation sites (tertiary alicyclic amines) is 1. The average Bonchev–Trinajstić information content (AvgIpc) is 2.61. The van der Waals surface area contributed by atoms with Crippen LogP contribution in [-0.2, 0) is 11.3 Å². The van der Waals surface area contributed by atoms with Crippen LogP contribution in [0.1, 0.15) is 62.8 Å². The maximum atomic E-state index is 13.1. The van der Waals surface area contributed by atoms with Gasteiger partial charge in [0.2, 0.25) is 5.91 Å². The molecule has 1 saturated heterocycles. The third kappa shape index (κ3) is 3.74. The molecule has 1 aromatic rings. The number of carbonyl (C=O) groups excluding carboxylic acids is 1. The van der Waals surface area contributed by atoms with Crippen LogP contribution in [0.4, 0.5) is 0 Å². The van der Waals surface area contributed by atoms with Crippen molar-refractivity contribution in [1.82, 2.24) is 15.2 Å². The van der Waals surface area contributed by atoms with Crippen molar-refractivity contribution in [2.24, 2.45) is 0 Å². The summed E-state index contributed by atoms with van der Waals surface area (Å²) in [4.78, 5) is 20.1. The summed E-state index contributed by atoms with van der Waals surface area (Å²) in [6.07, 6.45) is 9.41. The first-order chi connectivity index (χ1) is 11.2. The van der Waals surface area contributed by atoms with E-state index in [4.69, 9.17) is 0 Å². The lowest BCUT2D eigenvalue weighted by Crippen LogP contribution is -2.60. The predicted molar refractivity (Wildman–Crippen MR) is 92.1 cm³/mol. The number of rotatable bonds is 4. The average molecular weight is 315 g/mol. The Hall–Kier alpha value is -1.42. The molecule has 1 amide bonds. The third-order valence-corrected chi connectivity index (χ3v) is 5.44. The van der Waals surface area contributed by atoms with Gasteiger partial charge in [0.05, 0.1) is 12.2 Å². The highest BCUT2D eigenvalue weighted by molar-refractivity contribution is 5.86. The second kappa shape index (κ2) is 7.43. The molecule has 1 aliphatic carbocycles. The van der Waals surface area contributed by atoms with Crippen molar-refractivity contribution in [2.75, 3.05) is 13.1 Å². The Bertz CT molecular complexity index is 531. The monoisotopic (exact) mass is 315 g/mol. The fraction of sp³-hybridized carbons (Fsp3) is 0.684. The summed E-state index contributed by atoms with van der Waals surface area (Å²) in [5.74, 6) is 0.224.